The molecule has 1 aromatic rings. The molecular weight excluding hydrogens is 477 g/mol. The highest BCUT2D eigenvalue weighted by Crippen LogP contribution is 2.17. The third-order valence-corrected chi connectivity index (χ3v) is 5.41. The minimum atomic E-state index is -0.0463. The van der Waals surface area contributed by atoms with Gasteiger partial charge in [-0.3, -0.25) is 9.79 Å². The molecule has 1 aromatic carbocycles. The van der Waals surface area contributed by atoms with Crippen molar-refractivity contribution in [2.24, 2.45) is 10.9 Å². The van der Waals surface area contributed by atoms with Crippen LogP contribution < -0.4 is 10.6 Å². The maximum Gasteiger partial charge on any atom is 0.251 e. The molecular formula is C22H38IN5O. The predicted molar refractivity (Wildman–Crippen MR) is 132 cm³/mol. The number of carbonyl (C=O) groups is 1. The van der Waals surface area contributed by atoms with Gasteiger partial charge in [-0.2, -0.15) is 0 Å². The Balaban J connectivity index is 0.00000420. The predicted octanol–water partition coefficient (Wildman–Crippen LogP) is 2.84. The number of hydrogen-bond donors (Lipinski definition) is 2. The molecule has 6 nitrogen and oxygen atoms in total. The van der Waals surface area contributed by atoms with E-state index >= 15 is 0 Å². The molecule has 1 aliphatic heterocycles. The Bertz CT molecular complexity index is 648. The molecule has 0 aromatic heterocycles. The van der Waals surface area contributed by atoms with Gasteiger partial charge >= 0.3 is 0 Å². The van der Waals surface area contributed by atoms with Crippen molar-refractivity contribution in [2.45, 2.75) is 33.6 Å². The van der Waals surface area contributed by atoms with Crippen LogP contribution in [0.5, 0.6) is 0 Å². The Morgan fingerprint density at radius 1 is 1.28 bits per heavy atom. The Hall–Kier alpha value is -1.35. The second kappa shape index (κ2) is 13.8. The largest absolute Gasteiger partial charge is 0.357 e. The van der Waals surface area contributed by atoms with E-state index in [2.05, 4.69) is 47.3 Å². The molecule has 1 atom stereocenters. The smallest absolute Gasteiger partial charge is 0.251 e. The first-order valence-corrected chi connectivity index (χ1v) is 10.7. The van der Waals surface area contributed by atoms with Crippen molar-refractivity contribution in [1.82, 2.24) is 20.4 Å². The number of hydrogen-bond acceptors (Lipinski definition) is 3. The second-order valence-electron chi connectivity index (χ2n) is 7.35. The lowest BCUT2D eigenvalue weighted by molar-refractivity contribution is 0.0963. The second-order valence-corrected chi connectivity index (χ2v) is 7.35. The maximum absolute atomic E-state index is 11.8. The number of halogens is 1. The van der Waals surface area contributed by atoms with Crippen molar-refractivity contribution in [3.8, 4) is 0 Å². The van der Waals surface area contributed by atoms with Crippen molar-refractivity contribution in [3.63, 3.8) is 0 Å². The van der Waals surface area contributed by atoms with Crippen molar-refractivity contribution in [2.75, 3.05) is 52.9 Å². The molecule has 164 valence electrons. The third-order valence-electron chi connectivity index (χ3n) is 5.41. The van der Waals surface area contributed by atoms with Crippen molar-refractivity contribution < 1.29 is 4.79 Å². The summed E-state index contributed by atoms with van der Waals surface area (Å²) < 4.78 is 0. The Morgan fingerprint density at radius 2 is 2.03 bits per heavy atom. The van der Waals surface area contributed by atoms with E-state index in [4.69, 9.17) is 4.99 Å². The van der Waals surface area contributed by atoms with E-state index in [1.54, 1.807) is 7.05 Å². The molecule has 1 heterocycles. The van der Waals surface area contributed by atoms with E-state index in [1.807, 2.05) is 18.2 Å². The fourth-order valence-corrected chi connectivity index (χ4v) is 3.75. The van der Waals surface area contributed by atoms with Crippen LogP contribution in [-0.4, -0.2) is 74.5 Å². The van der Waals surface area contributed by atoms with E-state index in [-0.39, 0.29) is 29.9 Å². The zero-order chi connectivity index (χ0) is 20.4. The van der Waals surface area contributed by atoms with E-state index in [1.165, 1.54) is 13.0 Å². The van der Waals surface area contributed by atoms with Gasteiger partial charge in [0.1, 0.15) is 0 Å². The lowest BCUT2D eigenvalue weighted by Crippen LogP contribution is -2.41. The third kappa shape index (κ3) is 8.12. The highest BCUT2D eigenvalue weighted by atomic mass is 127. The van der Waals surface area contributed by atoms with Crippen LogP contribution in [0.25, 0.3) is 0 Å². The van der Waals surface area contributed by atoms with E-state index in [0.717, 1.165) is 57.2 Å². The molecule has 0 spiro atoms. The fraction of sp³-hybridized carbons (Fsp3) is 0.636. The summed E-state index contributed by atoms with van der Waals surface area (Å²) in [6.45, 7) is 13.8. The Kier molecular flexibility index (Phi) is 12.2. The summed E-state index contributed by atoms with van der Waals surface area (Å²) in [5.41, 5.74) is 1.84. The number of nitrogens with one attached hydrogen (secondary N) is 2. The van der Waals surface area contributed by atoms with E-state index in [9.17, 15) is 4.79 Å². The summed E-state index contributed by atoms with van der Waals surface area (Å²) in [5.74, 6) is 1.69. The molecule has 2 N–H and O–H groups in total. The lowest BCUT2D eigenvalue weighted by atomic mass is 10.1. The van der Waals surface area contributed by atoms with Crippen LogP contribution in [0.3, 0.4) is 0 Å². The van der Waals surface area contributed by atoms with Gasteiger partial charge < -0.3 is 20.4 Å². The van der Waals surface area contributed by atoms with Gasteiger partial charge in [0.15, 0.2) is 5.96 Å². The molecule has 0 bridgehead atoms. The van der Waals surface area contributed by atoms with Crippen LogP contribution in [0.1, 0.15) is 43.1 Å². The van der Waals surface area contributed by atoms with Crippen molar-refractivity contribution in [3.05, 3.63) is 35.4 Å². The summed E-state index contributed by atoms with van der Waals surface area (Å²) in [6.07, 6.45) is 2.06. The number of amides is 1. The maximum atomic E-state index is 11.8. The van der Waals surface area contributed by atoms with Gasteiger partial charge in [0.2, 0.25) is 0 Å². The molecule has 0 aliphatic carbocycles. The zero-order valence-electron chi connectivity index (χ0n) is 18.4. The molecule has 1 fully saturated rings. The number of likely N-dealkylation sites (tertiary alicyclic amines) is 1. The first kappa shape index (κ1) is 25.7. The molecule has 7 heteroatoms. The summed E-state index contributed by atoms with van der Waals surface area (Å²) in [6, 6.07) is 7.80. The van der Waals surface area contributed by atoms with E-state index in [0.29, 0.717) is 11.5 Å². The SMILES string of the molecule is CCNC(=NCCc1cccc(C(=O)NC)c1)N1CCC(CN(CC)CC)C1.I. The van der Waals surface area contributed by atoms with Gasteiger partial charge in [0.25, 0.3) is 5.91 Å². The van der Waals surface area contributed by atoms with Gasteiger partial charge in [-0.05, 0) is 56.5 Å². The topological polar surface area (TPSA) is 60.0 Å². The fourth-order valence-electron chi connectivity index (χ4n) is 3.75. The molecule has 0 saturated carbocycles. The molecule has 1 unspecified atom stereocenters. The molecule has 1 saturated heterocycles. The number of rotatable bonds is 9. The first-order valence-electron chi connectivity index (χ1n) is 10.7. The van der Waals surface area contributed by atoms with Crippen LogP contribution in [0.2, 0.25) is 0 Å². The quantitative estimate of drug-likeness (QED) is 0.302. The molecule has 29 heavy (non-hydrogen) atoms. The standard InChI is InChI=1S/C22H37N5O.HI/c1-5-24-22(27-14-12-19(17-27)16-26(6-2)7-3)25-13-11-18-9-8-10-20(15-18)21(28)23-4;/h8-10,15,19H,5-7,11-14,16-17H2,1-4H3,(H,23,28)(H,24,25);1H. The Labute approximate surface area is 193 Å². The van der Waals surface area contributed by atoms with Gasteiger partial charge in [-0.25, -0.2) is 0 Å². The van der Waals surface area contributed by atoms with Gasteiger partial charge in [0.05, 0.1) is 0 Å². The molecule has 1 aliphatic rings. The minimum absolute atomic E-state index is 0. The number of guanidine groups is 1. The molecule has 0 radical (unpaired) electrons. The number of nitrogens with zero attached hydrogens (tertiary/aromatic N) is 3. The summed E-state index contributed by atoms with van der Waals surface area (Å²) in [5, 5.41) is 6.13. The van der Waals surface area contributed by atoms with Crippen molar-refractivity contribution >= 4 is 35.8 Å². The zero-order valence-corrected chi connectivity index (χ0v) is 20.7. The highest BCUT2D eigenvalue weighted by Gasteiger charge is 2.25. The average molecular weight is 515 g/mol. The monoisotopic (exact) mass is 515 g/mol. The van der Waals surface area contributed by atoms with E-state index < -0.39 is 0 Å². The van der Waals surface area contributed by atoms with Crippen LogP contribution in [0.15, 0.2) is 29.3 Å². The minimum Gasteiger partial charge on any atom is -0.357 e. The van der Waals surface area contributed by atoms with Gasteiger partial charge in [0, 0.05) is 45.3 Å². The van der Waals surface area contributed by atoms with Crippen LogP contribution in [0.4, 0.5) is 0 Å². The number of carbonyl (C=O) groups excluding carboxylic acids is 1. The normalized spacial score (nSPS) is 16.7. The number of benzene rings is 1. The van der Waals surface area contributed by atoms with Crippen molar-refractivity contribution in [1.29, 1.82) is 0 Å². The van der Waals surface area contributed by atoms with Gasteiger partial charge in [-0.1, -0.05) is 26.0 Å². The van der Waals surface area contributed by atoms with Gasteiger partial charge in [-0.15, -0.1) is 24.0 Å². The first-order chi connectivity index (χ1) is 13.6. The van der Waals surface area contributed by atoms with Crippen LogP contribution >= 0.6 is 24.0 Å². The molecule has 1 amide bonds. The molecule has 2 rings (SSSR count). The average Bonchev–Trinajstić information content (AvgIpc) is 3.19. The summed E-state index contributed by atoms with van der Waals surface area (Å²) >= 11 is 0. The summed E-state index contributed by atoms with van der Waals surface area (Å²) in [4.78, 5) is 21.6. The van der Waals surface area contributed by atoms with Crippen LogP contribution in [0, 0.1) is 5.92 Å². The lowest BCUT2D eigenvalue weighted by Gasteiger charge is -2.24. The number of aliphatic imine (C=N–C) groups is 1. The summed E-state index contributed by atoms with van der Waals surface area (Å²) in [7, 11) is 1.66. The van der Waals surface area contributed by atoms with Crippen LogP contribution in [-0.2, 0) is 6.42 Å². The Morgan fingerprint density at radius 3 is 2.69 bits per heavy atom. The highest BCUT2D eigenvalue weighted by molar-refractivity contribution is 14.0.